The van der Waals surface area contributed by atoms with Crippen LogP contribution in [-0.4, -0.2) is 13.2 Å². The molecule has 0 saturated carbocycles. The molecule has 1 heterocycles. The molecule has 0 aromatic heterocycles. The van der Waals surface area contributed by atoms with Gasteiger partial charge >= 0.3 is 0 Å². The van der Waals surface area contributed by atoms with E-state index in [2.05, 4.69) is 17.4 Å². The Hall–Kier alpha value is -1.22. The lowest BCUT2D eigenvalue weighted by Crippen LogP contribution is -2.30. The first kappa shape index (κ1) is 14.7. The normalized spacial score (nSPS) is 17.4. The zero-order valence-corrected chi connectivity index (χ0v) is 13.3. The van der Waals surface area contributed by atoms with Gasteiger partial charge in [-0.2, -0.15) is 0 Å². The van der Waals surface area contributed by atoms with Gasteiger partial charge in [0, 0.05) is 16.6 Å². The van der Waals surface area contributed by atoms with Crippen LogP contribution >= 0.6 is 23.2 Å². The zero-order valence-electron chi connectivity index (χ0n) is 11.8. The van der Waals surface area contributed by atoms with Gasteiger partial charge in [0.2, 0.25) is 0 Å². The van der Waals surface area contributed by atoms with Crippen LogP contribution in [-0.2, 0) is 6.42 Å². The highest BCUT2D eigenvalue weighted by molar-refractivity contribution is 6.35. The van der Waals surface area contributed by atoms with Gasteiger partial charge in [-0.15, -0.1) is 0 Å². The average molecular weight is 322 g/mol. The summed E-state index contributed by atoms with van der Waals surface area (Å²) in [4.78, 5) is 0. The van der Waals surface area contributed by atoms with Crippen LogP contribution in [0.2, 0.25) is 10.0 Å². The van der Waals surface area contributed by atoms with E-state index in [1.807, 2.05) is 25.1 Å². The number of nitrogens with one attached hydrogen (secondary N) is 1. The molecule has 1 unspecified atom stereocenters. The van der Waals surface area contributed by atoms with Crippen molar-refractivity contribution in [3.63, 3.8) is 0 Å². The maximum atomic E-state index is 6.36. The second-order valence-electron chi connectivity index (χ2n) is 5.10. The zero-order chi connectivity index (χ0) is 14.8. The fourth-order valence-corrected chi connectivity index (χ4v) is 3.33. The van der Waals surface area contributed by atoms with Crippen molar-refractivity contribution in [3.8, 4) is 5.75 Å². The molecule has 2 aromatic rings. The third kappa shape index (κ3) is 3.03. The predicted molar refractivity (Wildman–Crippen MR) is 87.6 cm³/mol. The van der Waals surface area contributed by atoms with Crippen molar-refractivity contribution in [1.29, 1.82) is 0 Å². The second-order valence-corrected chi connectivity index (χ2v) is 5.94. The Balaban J connectivity index is 2.00. The summed E-state index contributed by atoms with van der Waals surface area (Å²) in [5.74, 6) is 0.930. The fourth-order valence-electron chi connectivity index (χ4n) is 2.81. The highest BCUT2D eigenvalue weighted by atomic mass is 35.5. The monoisotopic (exact) mass is 321 g/mol. The van der Waals surface area contributed by atoms with E-state index >= 15 is 0 Å². The smallest absolute Gasteiger partial charge is 0.119 e. The van der Waals surface area contributed by atoms with Gasteiger partial charge < -0.3 is 10.1 Å². The van der Waals surface area contributed by atoms with Gasteiger partial charge in [-0.25, -0.2) is 0 Å². The van der Waals surface area contributed by atoms with E-state index in [0.29, 0.717) is 16.7 Å². The Morgan fingerprint density at radius 3 is 2.71 bits per heavy atom. The van der Waals surface area contributed by atoms with Crippen molar-refractivity contribution in [2.75, 3.05) is 13.2 Å². The molecule has 1 atom stereocenters. The Labute approximate surface area is 135 Å². The third-order valence-corrected chi connectivity index (χ3v) is 4.32. The summed E-state index contributed by atoms with van der Waals surface area (Å²) < 4.78 is 5.59. The lowest BCUT2D eigenvalue weighted by Gasteiger charge is -2.28. The van der Waals surface area contributed by atoms with E-state index in [-0.39, 0.29) is 6.04 Å². The molecule has 2 nitrogen and oxygen atoms in total. The summed E-state index contributed by atoms with van der Waals surface area (Å²) in [6, 6.07) is 12.1. The van der Waals surface area contributed by atoms with Crippen molar-refractivity contribution in [3.05, 3.63) is 63.1 Å². The molecule has 0 bridgehead atoms. The quantitative estimate of drug-likeness (QED) is 0.890. The highest BCUT2D eigenvalue weighted by Crippen LogP contribution is 2.35. The van der Waals surface area contributed by atoms with Crippen molar-refractivity contribution < 1.29 is 4.74 Å². The maximum Gasteiger partial charge on any atom is 0.119 e. The molecule has 21 heavy (non-hydrogen) atoms. The molecular formula is C17H17Cl2NO. The number of halogens is 2. The number of hydrogen-bond acceptors (Lipinski definition) is 2. The summed E-state index contributed by atoms with van der Waals surface area (Å²) in [7, 11) is 0. The molecule has 0 saturated heterocycles. The highest BCUT2D eigenvalue weighted by Gasteiger charge is 2.23. The number of ether oxygens (including phenoxy) is 1. The lowest BCUT2D eigenvalue weighted by atomic mass is 9.89. The number of fused-ring (bicyclic) bond motifs is 1. The minimum Gasteiger partial charge on any atom is -0.494 e. The molecule has 110 valence electrons. The van der Waals surface area contributed by atoms with Crippen LogP contribution < -0.4 is 10.1 Å². The first-order valence-electron chi connectivity index (χ1n) is 7.13. The van der Waals surface area contributed by atoms with E-state index < -0.39 is 0 Å². The summed E-state index contributed by atoms with van der Waals surface area (Å²) in [5, 5.41) is 4.89. The SMILES string of the molecule is CCOc1ccc2c(c1)CCNC2c1ccc(Cl)cc1Cl. The third-order valence-electron chi connectivity index (χ3n) is 3.75. The van der Waals surface area contributed by atoms with Crippen LogP contribution in [0.25, 0.3) is 0 Å². The summed E-state index contributed by atoms with van der Waals surface area (Å²) in [5.41, 5.74) is 3.64. The van der Waals surface area contributed by atoms with Gasteiger partial charge in [0.1, 0.15) is 5.75 Å². The molecule has 0 fully saturated rings. The van der Waals surface area contributed by atoms with Gasteiger partial charge in [0.15, 0.2) is 0 Å². The topological polar surface area (TPSA) is 21.3 Å². The molecule has 1 aliphatic heterocycles. The molecule has 2 aromatic carbocycles. The molecule has 4 heteroatoms. The standard InChI is InChI=1S/C17H17Cl2NO/c1-2-21-13-4-6-14-11(9-13)7-8-20-17(14)15-5-3-12(18)10-16(15)19/h3-6,9-10,17,20H,2,7-8H2,1H3. The minimum absolute atomic E-state index is 0.106. The summed E-state index contributed by atoms with van der Waals surface area (Å²) >= 11 is 12.4. The van der Waals surface area contributed by atoms with Crippen LogP contribution in [0.4, 0.5) is 0 Å². The molecule has 0 spiro atoms. The van der Waals surface area contributed by atoms with Crippen LogP contribution in [0.5, 0.6) is 5.75 Å². The molecule has 1 aliphatic rings. The summed E-state index contributed by atoms with van der Waals surface area (Å²) in [6.45, 7) is 3.60. The van der Waals surface area contributed by atoms with Gasteiger partial charge in [0.25, 0.3) is 0 Å². The van der Waals surface area contributed by atoms with Crippen molar-refractivity contribution >= 4 is 23.2 Å². The maximum absolute atomic E-state index is 6.36. The Bertz CT molecular complexity index is 657. The lowest BCUT2D eigenvalue weighted by molar-refractivity contribution is 0.339. The first-order valence-corrected chi connectivity index (χ1v) is 7.88. The largest absolute Gasteiger partial charge is 0.494 e. The van der Waals surface area contributed by atoms with Crippen LogP contribution in [0.3, 0.4) is 0 Å². The fraction of sp³-hybridized carbons (Fsp3) is 0.294. The Morgan fingerprint density at radius 2 is 1.95 bits per heavy atom. The van der Waals surface area contributed by atoms with Crippen LogP contribution in [0, 0.1) is 0 Å². The van der Waals surface area contributed by atoms with Gasteiger partial charge in [-0.1, -0.05) is 35.3 Å². The van der Waals surface area contributed by atoms with Gasteiger partial charge in [-0.05, 0) is 54.3 Å². The second kappa shape index (κ2) is 6.27. The van der Waals surface area contributed by atoms with Gasteiger partial charge in [-0.3, -0.25) is 0 Å². The molecule has 1 N–H and O–H groups in total. The van der Waals surface area contributed by atoms with Crippen LogP contribution in [0.1, 0.15) is 29.7 Å². The van der Waals surface area contributed by atoms with E-state index in [9.17, 15) is 0 Å². The van der Waals surface area contributed by atoms with Crippen molar-refractivity contribution in [1.82, 2.24) is 5.32 Å². The minimum atomic E-state index is 0.106. The number of rotatable bonds is 3. The van der Waals surface area contributed by atoms with Gasteiger partial charge in [0.05, 0.1) is 12.6 Å². The van der Waals surface area contributed by atoms with Crippen molar-refractivity contribution in [2.45, 2.75) is 19.4 Å². The van der Waals surface area contributed by atoms with E-state index in [1.165, 1.54) is 11.1 Å². The molecular weight excluding hydrogens is 305 g/mol. The molecule has 0 radical (unpaired) electrons. The summed E-state index contributed by atoms with van der Waals surface area (Å²) in [6.07, 6.45) is 0.998. The average Bonchev–Trinajstić information content (AvgIpc) is 2.47. The Kier molecular flexibility index (Phi) is 4.39. The van der Waals surface area contributed by atoms with Crippen molar-refractivity contribution in [2.24, 2.45) is 0 Å². The van der Waals surface area contributed by atoms with E-state index in [1.54, 1.807) is 6.07 Å². The number of benzene rings is 2. The van der Waals surface area contributed by atoms with Crippen LogP contribution in [0.15, 0.2) is 36.4 Å². The number of hydrogen-bond donors (Lipinski definition) is 1. The molecule has 0 aliphatic carbocycles. The molecule has 0 amide bonds. The van der Waals surface area contributed by atoms with E-state index in [0.717, 1.165) is 24.3 Å². The van der Waals surface area contributed by atoms with E-state index in [4.69, 9.17) is 27.9 Å². The molecule has 3 rings (SSSR count). The predicted octanol–water partition coefficient (Wildman–Crippen LogP) is 4.63. The Morgan fingerprint density at radius 1 is 1.14 bits per heavy atom. The first-order chi connectivity index (χ1) is 10.2.